The lowest BCUT2D eigenvalue weighted by atomic mass is 10.1. The van der Waals surface area contributed by atoms with Gasteiger partial charge in [0.25, 0.3) is 0 Å². The summed E-state index contributed by atoms with van der Waals surface area (Å²) in [4.78, 5) is 6.96. The van der Waals surface area contributed by atoms with Gasteiger partial charge in [0.2, 0.25) is 0 Å². The fourth-order valence-corrected chi connectivity index (χ4v) is 3.38. The second kappa shape index (κ2) is 7.32. The molecular weight excluding hydrogens is 288 g/mol. The van der Waals surface area contributed by atoms with Crippen molar-refractivity contribution in [3.63, 3.8) is 0 Å². The summed E-state index contributed by atoms with van der Waals surface area (Å²) < 4.78 is 5.83. The van der Waals surface area contributed by atoms with E-state index in [4.69, 9.17) is 4.74 Å². The molecule has 5 nitrogen and oxygen atoms in total. The number of hydrogen-bond acceptors (Lipinski definition) is 5. The fourth-order valence-electron chi connectivity index (χ4n) is 3.38. The molecule has 23 heavy (non-hydrogen) atoms. The van der Waals surface area contributed by atoms with Gasteiger partial charge >= 0.3 is 0 Å². The highest BCUT2D eigenvalue weighted by molar-refractivity contribution is 5.81. The molecule has 2 heterocycles. The number of ether oxygens (including phenoxy) is 1. The fraction of sp³-hybridized carbons (Fsp3) is 0.611. The van der Waals surface area contributed by atoms with E-state index >= 15 is 0 Å². The first-order valence-electron chi connectivity index (χ1n) is 8.59. The highest BCUT2D eigenvalue weighted by Crippen LogP contribution is 2.17. The summed E-state index contributed by atoms with van der Waals surface area (Å²) in [6.45, 7) is 11.1. The Morgan fingerprint density at radius 3 is 2.52 bits per heavy atom. The van der Waals surface area contributed by atoms with E-state index in [-0.39, 0.29) is 0 Å². The van der Waals surface area contributed by atoms with Crippen LogP contribution >= 0.6 is 0 Å². The van der Waals surface area contributed by atoms with Crippen LogP contribution in [-0.2, 0) is 17.8 Å². The molecule has 2 N–H and O–H groups in total. The van der Waals surface area contributed by atoms with Crippen LogP contribution in [0.25, 0.3) is 0 Å². The molecule has 0 spiro atoms. The number of rotatable bonds is 4. The predicted molar refractivity (Wildman–Crippen MR) is 93.5 cm³/mol. The van der Waals surface area contributed by atoms with Gasteiger partial charge in [-0.1, -0.05) is 24.3 Å². The van der Waals surface area contributed by atoms with Crippen molar-refractivity contribution in [2.75, 3.05) is 19.6 Å². The number of guanidine groups is 1. The quantitative estimate of drug-likeness (QED) is 0.888. The highest BCUT2D eigenvalue weighted by atomic mass is 16.5. The zero-order valence-electron chi connectivity index (χ0n) is 14.4. The molecule has 0 bridgehead atoms. The first kappa shape index (κ1) is 16.3. The lowest BCUT2D eigenvalue weighted by molar-refractivity contribution is -0.0705. The van der Waals surface area contributed by atoms with Crippen molar-refractivity contribution < 1.29 is 4.74 Å². The van der Waals surface area contributed by atoms with Gasteiger partial charge in [-0.05, 0) is 31.9 Å². The van der Waals surface area contributed by atoms with Crippen molar-refractivity contribution in [2.45, 2.75) is 52.1 Å². The third-order valence-corrected chi connectivity index (χ3v) is 4.36. The minimum atomic E-state index is 0.308. The summed E-state index contributed by atoms with van der Waals surface area (Å²) in [5, 5.41) is 6.77. The minimum Gasteiger partial charge on any atom is -0.373 e. The standard InChI is InChI=1S/C18H28N4O/c1-13-8-19-18(21-13)20-9-16-6-4-5-7-17(16)12-22-10-14(2)23-15(3)11-22/h4-7,13-15H,8-12H2,1-3H3,(H2,19,20,21). The van der Waals surface area contributed by atoms with Gasteiger partial charge in [-0.3, -0.25) is 9.89 Å². The number of nitrogens with one attached hydrogen (secondary N) is 2. The van der Waals surface area contributed by atoms with E-state index in [9.17, 15) is 0 Å². The lowest BCUT2D eigenvalue weighted by Crippen LogP contribution is -2.45. The van der Waals surface area contributed by atoms with Gasteiger partial charge in [0.15, 0.2) is 5.96 Å². The van der Waals surface area contributed by atoms with Crippen molar-refractivity contribution >= 4 is 5.96 Å². The third kappa shape index (κ3) is 4.45. The van der Waals surface area contributed by atoms with Gasteiger partial charge in [0.1, 0.15) is 0 Å². The molecule has 3 atom stereocenters. The number of hydrogen-bond donors (Lipinski definition) is 2. The zero-order chi connectivity index (χ0) is 16.2. The van der Waals surface area contributed by atoms with E-state index in [1.807, 2.05) is 0 Å². The van der Waals surface area contributed by atoms with Crippen molar-refractivity contribution in [1.82, 2.24) is 15.5 Å². The SMILES string of the molecule is CC1CN=C(NCc2ccccc2CN2CC(C)OC(C)C2)N1. The Kier molecular flexibility index (Phi) is 5.18. The molecule has 0 saturated carbocycles. The number of aliphatic imine (C=N–C) groups is 1. The van der Waals surface area contributed by atoms with Crippen LogP contribution in [0.1, 0.15) is 31.9 Å². The van der Waals surface area contributed by atoms with Gasteiger partial charge in [0.05, 0.1) is 18.8 Å². The van der Waals surface area contributed by atoms with Crippen LogP contribution in [-0.4, -0.2) is 48.7 Å². The van der Waals surface area contributed by atoms with E-state index in [2.05, 4.69) is 65.6 Å². The third-order valence-electron chi connectivity index (χ3n) is 4.36. The number of nitrogens with zero attached hydrogens (tertiary/aromatic N) is 2. The lowest BCUT2D eigenvalue weighted by Gasteiger charge is -2.35. The smallest absolute Gasteiger partial charge is 0.191 e. The molecule has 126 valence electrons. The van der Waals surface area contributed by atoms with Gasteiger partial charge in [-0.2, -0.15) is 0 Å². The summed E-state index contributed by atoms with van der Waals surface area (Å²) in [6, 6.07) is 9.10. The summed E-state index contributed by atoms with van der Waals surface area (Å²) in [7, 11) is 0. The van der Waals surface area contributed by atoms with Gasteiger partial charge < -0.3 is 15.4 Å². The first-order valence-corrected chi connectivity index (χ1v) is 8.59. The van der Waals surface area contributed by atoms with E-state index in [0.717, 1.165) is 38.7 Å². The van der Waals surface area contributed by atoms with Crippen molar-refractivity contribution in [3.05, 3.63) is 35.4 Å². The maximum atomic E-state index is 5.83. The molecule has 1 aromatic carbocycles. The average molecular weight is 316 g/mol. The molecule has 1 aromatic rings. The number of morpholine rings is 1. The van der Waals surface area contributed by atoms with Crippen molar-refractivity contribution in [3.8, 4) is 0 Å². The molecule has 1 fully saturated rings. The van der Waals surface area contributed by atoms with Crippen LogP contribution in [0.15, 0.2) is 29.3 Å². The Morgan fingerprint density at radius 2 is 1.87 bits per heavy atom. The van der Waals surface area contributed by atoms with Crippen LogP contribution in [0.3, 0.4) is 0 Å². The Hall–Kier alpha value is -1.59. The van der Waals surface area contributed by atoms with Crippen molar-refractivity contribution in [1.29, 1.82) is 0 Å². The average Bonchev–Trinajstić information content (AvgIpc) is 2.91. The normalized spacial score (nSPS) is 28.3. The maximum Gasteiger partial charge on any atom is 0.191 e. The van der Waals surface area contributed by atoms with Crippen LogP contribution in [0, 0.1) is 0 Å². The zero-order valence-corrected chi connectivity index (χ0v) is 14.4. The summed E-state index contributed by atoms with van der Waals surface area (Å²) in [5.41, 5.74) is 2.72. The van der Waals surface area contributed by atoms with Crippen LogP contribution < -0.4 is 10.6 Å². The molecule has 0 aromatic heterocycles. The summed E-state index contributed by atoms with van der Waals surface area (Å²) in [6.07, 6.45) is 0.616. The topological polar surface area (TPSA) is 48.9 Å². The maximum absolute atomic E-state index is 5.83. The van der Waals surface area contributed by atoms with Gasteiger partial charge in [-0.25, -0.2) is 0 Å². The largest absolute Gasteiger partial charge is 0.373 e. The van der Waals surface area contributed by atoms with Crippen molar-refractivity contribution in [2.24, 2.45) is 4.99 Å². The molecule has 0 aliphatic carbocycles. The summed E-state index contributed by atoms with van der Waals surface area (Å²) >= 11 is 0. The van der Waals surface area contributed by atoms with Crippen LogP contribution in [0.4, 0.5) is 0 Å². The molecule has 3 unspecified atom stereocenters. The Labute approximate surface area is 139 Å². The molecule has 1 saturated heterocycles. The minimum absolute atomic E-state index is 0.308. The molecular formula is C18H28N4O. The van der Waals surface area contributed by atoms with E-state index in [0.29, 0.717) is 18.2 Å². The van der Waals surface area contributed by atoms with Gasteiger partial charge in [0, 0.05) is 32.2 Å². The molecule has 0 amide bonds. The van der Waals surface area contributed by atoms with E-state index in [1.165, 1.54) is 11.1 Å². The highest BCUT2D eigenvalue weighted by Gasteiger charge is 2.22. The number of benzene rings is 1. The van der Waals surface area contributed by atoms with E-state index < -0.39 is 0 Å². The predicted octanol–water partition coefficient (Wildman–Crippen LogP) is 1.73. The van der Waals surface area contributed by atoms with Crippen LogP contribution in [0.2, 0.25) is 0 Å². The molecule has 5 heteroatoms. The van der Waals surface area contributed by atoms with Crippen LogP contribution in [0.5, 0.6) is 0 Å². The Bertz CT molecular complexity index is 550. The van der Waals surface area contributed by atoms with Gasteiger partial charge in [-0.15, -0.1) is 0 Å². The molecule has 3 rings (SSSR count). The molecule has 2 aliphatic rings. The van der Waals surface area contributed by atoms with E-state index in [1.54, 1.807) is 0 Å². The monoisotopic (exact) mass is 316 g/mol. The summed E-state index contributed by atoms with van der Waals surface area (Å²) in [5.74, 6) is 0.918. The second-order valence-corrected chi connectivity index (χ2v) is 6.81. The Morgan fingerprint density at radius 1 is 1.17 bits per heavy atom. The Balaban J connectivity index is 1.61. The first-order chi connectivity index (χ1) is 11.1. The molecule has 2 aliphatic heterocycles. The molecule has 0 radical (unpaired) electrons. The second-order valence-electron chi connectivity index (χ2n) is 6.81.